The van der Waals surface area contributed by atoms with Crippen LogP contribution in [-0.4, -0.2) is 11.1 Å². The van der Waals surface area contributed by atoms with E-state index in [0.717, 1.165) is 30.4 Å². The lowest BCUT2D eigenvalue weighted by atomic mass is 9.89. The van der Waals surface area contributed by atoms with Gasteiger partial charge in [-0.2, -0.15) is 0 Å². The zero-order chi connectivity index (χ0) is 14.4. The van der Waals surface area contributed by atoms with Gasteiger partial charge in [0.2, 0.25) is 0 Å². The van der Waals surface area contributed by atoms with Crippen LogP contribution < -0.4 is 0 Å². The summed E-state index contributed by atoms with van der Waals surface area (Å²) in [5.74, 6) is -0.792. The Morgan fingerprint density at radius 3 is 2.32 bits per heavy atom. The lowest BCUT2D eigenvalue weighted by Gasteiger charge is -2.16. The topological polar surface area (TPSA) is 37.3 Å². The third-order valence-corrected chi connectivity index (χ3v) is 3.93. The van der Waals surface area contributed by atoms with Gasteiger partial charge in [-0.25, -0.2) is 4.79 Å². The summed E-state index contributed by atoms with van der Waals surface area (Å²) in [4.78, 5) is 11.4. The minimum atomic E-state index is -0.792. The van der Waals surface area contributed by atoms with E-state index in [-0.39, 0.29) is 0 Å². The van der Waals surface area contributed by atoms with Crippen LogP contribution in [0.5, 0.6) is 0 Å². The maximum Gasteiger partial charge on any atom is 0.335 e. The van der Waals surface area contributed by atoms with Crippen LogP contribution in [-0.2, 0) is 12.8 Å². The van der Waals surface area contributed by atoms with E-state index < -0.39 is 5.97 Å². The number of hydrogen-bond acceptors (Lipinski definition) is 1. The maximum atomic E-state index is 11.4. The summed E-state index contributed by atoms with van der Waals surface area (Å²) >= 11 is 0. The summed E-state index contributed by atoms with van der Waals surface area (Å²) in [7, 11) is 0. The van der Waals surface area contributed by atoms with Gasteiger partial charge in [0.15, 0.2) is 0 Å². The van der Waals surface area contributed by atoms with Crippen LogP contribution in [0.4, 0.5) is 0 Å². The highest BCUT2D eigenvalue weighted by Crippen LogP contribution is 2.25. The summed E-state index contributed by atoms with van der Waals surface area (Å²) in [5.41, 5.74) is 5.16. The lowest BCUT2D eigenvalue weighted by Crippen LogP contribution is -2.08. The molecule has 0 radical (unpaired) electrons. The second kappa shape index (κ2) is 7.32. The quantitative estimate of drug-likeness (QED) is 0.724. The summed E-state index contributed by atoms with van der Waals surface area (Å²) in [6.07, 6.45) is 6.57. The van der Waals surface area contributed by atoms with Gasteiger partial charge in [-0.3, -0.25) is 0 Å². The number of carbonyl (C=O) groups is 1. The molecule has 0 atom stereocenters. The minimum Gasteiger partial charge on any atom is -0.478 e. The molecule has 0 heterocycles. The van der Waals surface area contributed by atoms with Gasteiger partial charge in [0.1, 0.15) is 0 Å². The Bertz CT molecular complexity index is 447. The number of aromatic carboxylic acids is 1. The summed E-state index contributed by atoms with van der Waals surface area (Å²) in [5, 5.41) is 9.38. The Labute approximate surface area is 116 Å². The van der Waals surface area contributed by atoms with Crippen LogP contribution >= 0.6 is 0 Å². The smallest absolute Gasteiger partial charge is 0.335 e. The number of rotatable bonds is 7. The highest BCUT2D eigenvalue weighted by molar-refractivity contribution is 5.90. The number of hydrogen-bond donors (Lipinski definition) is 1. The molecule has 0 saturated heterocycles. The Morgan fingerprint density at radius 2 is 1.79 bits per heavy atom. The number of unbranched alkanes of at least 4 members (excludes halogenated alkanes) is 3. The van der Waals surface area contributed by atoms with Crippen molar-refractivity contribution >= 4 is 5.97 Å². The third-order valence-electron chi connectivity index (χ3n) is 3.93. The average molecular weight is 262 g/mol. The first-order valence-electron chi connectivity index (χ1n) is 7.38. The summed E-state index contributed by atoms with van der Waals surface area (Å²) in [6, 6.07) is 1.85. The average Bonchev–Trinajstić information content (AvgIpc) is 2.36. The normalized spacial score (nSPS) is 10.7. The SMILES string of the molecule is CCCCCCc1c(C(=O)O)cc(C)c(CC)c1C. The fraction of sp³-hybridized carbons (Fsp3) is 0.588. The number of carboxylic acids is 1. The molecule has 0 fully saturated rings. The highest BCUT2D eigenvalue weighted by atomic mass is 16.4. The van der Waals surface area contributed by atoms with Crippen molar-refractivity contribution < 1.29 is 9.90 Å². The Kier molecular flexibility index (Phi) is 6.07. The predicted octanol–water partition coefficient (Wildman–Crippen LogP) is 4.69. The second-order valence-corrected chi connectivity index (χ2v) is 5.29. The molecule has 0 saturated carbocycles. The zero-order valence-corrected chi connectivity index (χ0v) is 12.7. The van der Waals surface area contributed by atoms with Crippen LogP contribution in [0, 0.1) is 13.8 Å². The van der Waals surface area contributed by atoms with E-state index in [1.807, 2.05) is 13.0 Å². The fourth-order valence-corrected chi connectivity index (χ4v) is 2.86. The lowest BCUT2D eigenvalue weighted by molar-refractivity contribution is 0.0695. The largest absolute Gasteiger partial charge is 0.478 e. The summed E-state index contributed by atoms with van der Waals surface area (Å²) in [6.45, 7) is 8.41. The van der Waals surface area contributed by atoms with E-state index in [0.29, 0.717) is 5.56 Å². The second-order valence-electron chi connectivity index (χ2n) is 5.29. The molecule has 1 aromatic carbocycles. The molecule has 0 aliphatic rings. The molecular formula is C17H26O2. The molecule has 0 bridgehead atoms. The maximum absolute atomic E-state index is 11.4. The first kappa shape index (κ1) is 15.7. The van der Waals surface area contributed by atoms with Gasteiger partial charge in [0, 0.05) is 0 Å². The molecule has 2 nitrogen and oxygen atoms in total. The van der Waals surface area contributed by atoms with Crippen molar-refractivity contribution in [3.8, 4) is 0 Å². The van der Waals surface area contributed by atoms with Crippen LogP contribution in [0.3, 0.4) is 0 Å². The first-order valence-corrected chi connectivity index (χ1v) is 7.38. The fourth-order valence-electron chi connectivity index (χ4n) is 2.86. The third kappa shape index (κ3) is 3.82. The first-order chi connectivity index (χ1) is 9.02. The van der Waals surface area contributed by atoms with E-state index in [1.165, 1.54) is 30.4 Å². The van der Waals surface area contributed by atoms with Gasteiger partial charge >= 0.3 is 5.97 Å². The Hall–Kier alpha value is -1.31. The number of aryl methyl sites for hydroxylation is 1. The van der Waals surface area contributed by atoms with Crippen LogP contribution in [0.25, 0.3) is 0 Å². The molecule has 19 heavy (non-hydrogen) atoms. The number of benzene rings is 1. The van der Waals surface area contributed by atoms with Crippen molar-refractivity contribution in [2.24, 2.45) is 0 Å². The molecule has 1 aromatic rings. The standard InChI is InChI=1S/C17H26O2/c1-5-7-8-9-10-15-13(4)14(6-2)12(3)11-16(15)17(18)19/h11H,5-10H2,1-4H3,(H,18,19). The molecule has 1 rings (SSSR count). The summed E-state index contributed by atoms with van der Waals surface area (Å²) < 4.78 is 0. The van der Waals surface area contributed by atoms with Crippen molar-refractivity contribution in [3.05, 3.63) is 33.9 Å². The molecule has 0 unspecified atom stereocenters. The Balaban J connectivity index is 3.07. The van der Waals surface area contributed by atoms with Gasteiger partial charge in [-0.05, 0) is 61.4 Å². The van der Waals surface area contributed by atoms with Gasteiger partial charge in [-0.1, -0.05) is 33.1 Å². The van der Waals surface area contributed by atoms with E-state index in [4.69, 9.17) is 0 Å². The van der Waals surface area contributed by atoms with Gasteiger partial charge in [0.05, 0.1) is 5.56 Å². The molecule has 106 valence electrons. The molecule has 2 heteroatoms. The van der Waals surface area contributed by atoms with Crippen molar-refractivity contribution in [3.63, 3.8) is 0 Å². The monoisotopic (exact) mass is 262 g/mol. The van der Waals surface area contributed by atoms with Crippen LogP contribution in [0.2, 0.25) is 0 Å². The highest BCUT2D eigenvalue weighted by Gasteiger charge is 2.16. The van der Waals surface area contributed by atoms with Gasteiger partial charge < -0.3 is 5.11 Å². The molecule has 0 spiro atoms. The van der Waals surface area contributed by atoms with Gasteiger partial charge in [-0.15, -0.1) is 0 Å². The molecular weight excluding hydrogens is 236 g/mol. The van der Waals surface area contributed by atoms with Crippen LogP contribution in [0.15, 0.2) is 6.07 Å². The minimum absolute atomic E-state index is 0.503. The van der Waals surface area contributed by atoms with Crippen molar-refractivity contribution in [2.45, 2.75) is 66.2 Å². The molecule has 0 aliphatic heterocycles. The van der Waals surface area contributed by atoms with Crippen molar-refractivity contribution in [1.82, 2.24) is 0 Å². The van der Waals surface area contributed by atoms with Crippen molar-refractivity contribution in [1.29, 1.82) is 0 Å². The molecule has 0 amide bonds. The predicted molar refractivity (Wildman–Crippen MR) is 80.1 cm³/mol. The van der Waals surface area contributed by atoms with E-state index in [9.17, 15) is 9.90 Å². The number of carboxylic acid groups (broad SMARTS) is 1. The molecule has 0 aromatic heterocycles. The zero-order valence-electron chi connectivity index (χ0n) is 12.7. The molecule has 0 aliphatic carbocycles. The Morgan fingerprint density at radius 1 is 1.11 bits per heavy atom. The van der Waals surface area contributed by atoms with E-state index in [2.05, 4.69) is 20.8 Å². The molecule has 1 N–H and O–H groups in total. The van der Waals surface area contributed by atoms with Gasteiger partial charge in [0.25, 0.3) is 0 Å². The van der Waals surface area contributed by atoms with E-state index in [1.54, 1.807) is 0 Å². The van der Waals surface area contributed by atoms with Crippen LogP contribution in [0.1, 0.15) is 72.1 Å². The van der Waals surface area contributed by atoms with E-state index >= 15 is 0 Å². The van der Waals surface area contributed by atoms with Crippen molar-refractivity contribution in [2.75, 3.05) is 0 Å².